The Morgan fingerprint density at radius 3 is 0.972 bits per heavy atom. The first-order valence-corrected chi connectivity index (χ1v) is 25.4. The van der Waals surface area contributed by atoms with E-state index < -0.39 is 0 Å². The number of anilines is 6. The van der Waals surface area contributed by atoms with Crippen molar-refractivity contribution >= 4 is 101 Å². The SMILES string of the molecule is Cc1ccc2c(c1)c1cc(C)ccc1n2-c1ccc2c(c1)N(c1ccc(C(C)(C)C)cc1)c1cccc3c1B2c1ccc(-n2c4ccc(C)cc4c4cc(C)ccc42)cc1N3c1ccc(C(C)(C)C)cc1. The summed E-state index contributed by atoms with van der Waals surface area (Å²) in [5.41, 5.74) is 25.9. The van der Waals surface area contributed by atoms with E-state index in [2.05, 4.69) is 264 Å². The van der Waals surface area contributed by atoms with Gasteiger partial charge in [-0.2, -0.15) is 0 Å². The number of benzene rings is 9. The van der Waals surface area contributed by atoms with Crippen LogP contribution in [0, 0.1) is 27.7 Å². The summed E-state index contributed by atoms with van der Waals surface area (Å²) >= 11 is 0. The minimum Gasteiger partial charge on any atom is -0.311 e. The molecule has 0 fully saturated rings. The molecule has 4 heterocycles. The molecular weight excluding hydrogens is 860 g/mol. The molecule has 2 aliphatic heterocycles. The van der Waals surface area contributed by atoms with E-state index in [4.69, 9.17) is 0 Å². The summed E-state index contributed by atoms with van der Waals surface area (Å²) in [5.74, 6) is 0. The van der Waals surface area contributed by atoms with Crippen molar-refractivity contribution < 1.29 is 0 Å². The van der Waals surface area contributed by atoms with E-state index in [1.54, 1.807) is 0 Å². The van der Waals surface area contributed by atoms with Crippen molar-refractivity contribution in [2.75, 3.05) is 9.80 Å². The van der Waals surface area contributed by atoms with Gasteiger partial charge in [-0.15, -0.1) is 0 Å². The lowest BCUT2D eigenvalue weighted by Crippen LogP contribution is -2.61. The maximum Gasteiger partial charge on any atom is 0.252 e. The van der Waals surface area contributed by atoms with Crippen LogP contribution in [0.5, 0.6) is 0 Å². The molecule has 0 amide bonds. The summed E-state index contributed by atoms with van der Waals surface area (Å²) in [6, 6.07) is 67.8. The van der Waals surface area contributed by atoms with Crippen LogP contribution in [-0.2, 0) is 10.8 Å². The first-order chi connectivity index (χ1) is 34.1. The van der Waals surface area contributed by atoms with Gasteiger partial charge in [-0.25, -0.2) is 0 Å². The summed E-state index contributed by atoms with van der Waals surface area (Å²) in [6.07, 6.45) is 0. The van der Waals surface area contributed by atoms with E-state index in [1.165, 1.54) is 116 Å². The molecule has 0 aliphatic carbocycles. The molecule has 0 saturated carbocycles. The standard InChI is InChI=1S/C66H59BN4/c1-40-14-30-56-50(34-40)51-35-41(2)15-31-57(51)70(56)48-26-28-54-62(38-48)68(46-22-18-44(19-23-46)65(5,6)7)60-12-11-13-61-64(60)67(54)55-29-27-49(39-63(55)69(61)47-24-20-45(21-25-47)66(8,9)10)71-58-32-16-42(3)36-52(58)53-37-43(4)17-33-59(53)71/h11-39H,1-10H3. The maximum atomic E-state index is 2.55. The van der Waals surface area contributed by atoms with Crippen molar-refractivity contribution in [3.8, 4) is 11.4 Å². The third kappa shape index (κ3) is 6.66. The van der Waals surface area contributed by atoms with Crippen LogP contribution in [0.15, 0.2) is 176 Å². The Kier molecular flexibility index (Phi) is 9.37. The van der Waals surface area contributed by atoms with Crippen LogP contribution in [0.4, 0.5) is 34.1 Å². The molecule has 9 aromatic carbocycles. The summed E-state index contributed by atoms with van der Waals surface area (Å²) in [5, 5.41) is 5.14. The second-order valence-electron chi connectivity index (χ2n) is 22.6. The summed E-state index contributed by atoms with van der Waals surface area (Å²) in [6.45, 7) is 22.5. The van der Waals surface area contributed by atoms with Gasteiger partial charge in [0.15, 0.2) is 0 Å². The summed E-state index contributed by atoms with van der Waals surface area (Å²) < 4.78 is 4.96. The molecule has 2 aromatic heterocycles. The number of hydrogen-bond acceptors (Lipinski definition) is 2. The van der Waals surface area contributed by atoms with E-state index in [1.807, 2.05) is 0 Å². The molecule has 2 aliphatic rings. The summed E-state index contributed by atoms with van der Waals surface area (Å²) in [7, 11) is 0. The van der Waals surface area contributed by atoms with Crippen LogP contribution in [0.25, 0.3) is 55.0 Å². The van der Waals surface area contributed by atoms with Gasteiger partial charge in [0.25, 0.3) is 6.71 Å². The quantitative estimate of drug-likeness (QED) is 0.164. The van der Waals surface area contributed by atoms with Gasteiger partial charge in [-0.3, -0.25) is 0 Å². The van der Waals surface area contributed by atoms with Gasteiger partial charge in [-0.1, -0.05) is 131 Å². The Morgan fingerprint density at radius 2 is 0.648 bits per heavy atom. The zero-order valence-electron chi connectivity index (χ0n) is 42.6. The number of aromatic nitrogens is 2. The topological polar surface area (TPSA) is 16.3 Å². The highest BCUT2D eigenvalue weighted by Crippen LogP contribution is 2.46. The van der Waals surface area contributed by atoms with Gasteiger partial charge < -0.3 is 18.9 Å². The second-order valence-corrected chi connectivity index (χ2v) is 22.6. The smallest absolute Gasteiger partial charge is 0.252 e. The zero-order valence-corrected chi connectivity index (χ0v) is 42.6. The van der Waals surface area contributed by atoms with Gasteiger partial charge in [0, 0.05) is 67.0 Å². The molecule has 5 heteroatoms. The van der Waals surface area contributed by atoms with Crippen LogP contribution >= 0.6 is 0 Å². The van der Waals surface area contributed by atoms with Crippen LogP contribution in [0.1, 0.15) is 74.9 Å². The third-order valence-corrected chi connectivity index (χ3v) is 15.6. The third-order valence-electron chi connectivity index (χ3n) is 15.6. The zero-order chi connectivity index (χ0) is 48.8. The van der Waals surface area contributed by atoms with Crippen LogP contribution in [0.2, 0.25) is 0 Å². The Labute approximate surface area is 418 Å². The molecule has 71 heavy (non-hydrogen) atoms. The number of aryl methyl sites for hydroxylation is 4. The highest BCUT2D eigenvalue weighted by atomic mass is 15.2. The van der Waals surface area contributed by atoms with Crippen molar-refractivity contribution in [1.29, 1.82) is 0 Å². The monoisotopic (exact) mass is 918 g/mol. The van der Waals surface area contributed by atoms with Crippen LogP contribution in [0.3, 0.4) is 0 Å². The molecule has 4 nitrogen and oxygen atoms in total. The summed E-state index contributed by atoms with van der Waals surface area (Å²) in [4.78, 5) is 5.09. The van der Waals surface area contributed by atoms with Crippen LogP contribution in [-0.4, -0.2) is 15.8 Å². The Balaban J connectivity index is 1.09. The molecule has 0 spiro atoms. The number of fused-ring (bicyclic) bond motifs is 10. The Hall–Kier alpha value is -7.76. The van der Waals surface area contributed by atoms with E-state index in [9.17, 15) is 0 Å². The first-order valence-electron chi connectivity index (χ1n) is 25.4. The molecular formula is C66H59BN4. The average Bonchev–Trinajstić information content (AvgIpc) is 3.83. The normalized spacial score (nSPS) is 13.4. The molecule has 0 bridgehead atoms. The van der Waals surface area contributed by atoms with Crippen molar-refractivity contribution in [1.82, 2.24) is 9.13 Å². The maximum absolute atomic E-state index is 2.55. The molecule has 0 atom stereocenters. The molecule has 0 saturated heterocycles. The fraction of sp³-hybridized carbons (Fsp3) is 0.182. The van der Waals surface area contributed by atoms with Gasteiger partial charge in [0.05, 0.1) is 22.1 Å². The first kappa shape index (κ1) is 43.3. The average molecular weight is 919 g/mol. The van der Waals surface area contributed by atoms with Gasteiger partial charge in [0.1, 0.15) is 0 Å². The lowest BCUT2D eigenvalue weighted by atomic mass is 9.33. The molecule has 346 valence electrons. The van der Waals surface area contributed by atoms with Crippen molar-refractivity contribution in [2.45, 2.75) is 80.1 Å². The van der Waals surface area contributed by atoms with E-state index in [0.717, 1.165) is 22.7 Å². The van der Waals surface area contributed by atoms with Crippen molar-refractivity contribution in [3.05, 3.63) is 209 Å². The largest absolute Gasteiger partial charge is 0.311 e. The van der Waals surface area contributed by atoms with Gasteiger partial charge >= 0.3 is 0 Å². The molecule has 13 rings (SSSR count). The highest BCUT2D eigenvalue weighted by Gasteiger charge is 2.43. The van der Waals surface area contributed by atoms with Crippen molar-refractivity contribution in [2.24, 2.45) is 0 Å². The van der Waals surface area contributed by atoms with Gasteiger partial charge in [-0.05, 0) is 175 Å². The molecule has 0 N–H and O–H groups in total. The fourth-order valence-electron chi connectivity index (χ4n) is 12.0. The minimum atomic E-state index is -0.0311. The fourth-order valence-corrected chi connectivity index (χ4v) is 12.0. The molecule has 11 aromatic rings. The van der Waals surface area contributed by atoms with E-state index in [0.29, 0.717) is 0 Å². The lowest BCUT2D eigenvalue weighted by molar-refractivity contribution is 0.590. The Bertz CT molecular complexity index is 3630. The van der Waals surface area contributed by atoms with Crippen molar-refractivity contribution in [3.63, 3.8) is 0 Å². The molecule has 0 unspecified atom stereocenters. The Morgan fingerprint density at radius 1 is 0.324 bits per heavy atom. The van der Waals surface area contributed by atoms with E-state index >= 15 is 0 Å². The predicted octanol–water partition coefficient (Wildman–Crippen LogP) is 15.8. The highest BCUT2D eigenvalue weighted by molar-refractivity contribution is 7.00. The van der Waals surface area contributed by atoms with E-state index in [-0.39, 0.29) is 17.5 Å². The number of nitrogens with zero attached hydrogens (tertiary/aromatic N) is 4. The predicted molar refractivity (Wildman–Crippen MR) is 305 cm³/mol. The minimum absolute atomic E-state index is 0.0263. The molecule has 0 radical (unpaired) electrons. The van der Waals surface area contributed by atoms with Gasteiger partial charge in [0.2, 0.25) is 0 Å². The number of hydrogen-bond donors (Lipinski definition) is 0. The van der Waals surface area contributed by atoms with Crippen LogP contribution < -0.4 is 26.2 Å². The number of rotatable bonds is 4. The lowest BCUT2D eigenvalue weighted by Gasteiger charge is -2.44. The second kappa shape index (κ2) is 15.4.